The lowest BCUT2D eigenvalue weighted by molar-refractivity contribution is 0.195. The molecule has 0 radical (unpaired) electrons. The Kier molecular flexibility index (Phi) is 4.31. The molecule has 2 heterocycles. The minimum absolute atomic E-state index is 0.274. The molecule has 4 nitrogen and oxygen atoms in total. The number of pyridine rings is 1. The van der Waals surface area contributed by atoms with Crippen LogP contribution in [0.2, 0.25) is 10.0 Å². The van der Waals surface area contributed by atoms with E-state index in [2.05, 4.69) is 15.6 Å². The molecule has 1 aliphatic heterocycles. The Morgan fingerprint density at radius 1 is 1.41 bits per heavy atom. The summed E-state index contributed by atoms with van der Waals surface area (Å²) in [7, 11) is 0. The number of hydrogen-bond donors (Lipinski definition) is 2. The maximum atomic E-state index is 6.10. The Labute approximate surface area is 111 Å². The van der Waals surface area contributed by atoms with Gasteiger partial charge in [0.05, 0.1) is 22.7 Å². The van der Waals surface area contributed by atoms with E-state index in [9.17, 15) is 0 Å². The van der Waals surface area contributed by atoms with Gasteiger partial charge in [0.1, 0.15) is 11.6 Å². The molecule has 1 atom stereocenters. The number of ether oxygens (including phenoxy) is 1. The lowest BCUT2D eigenvalue weighted by atomic mass is 10.2. The SMILES string of the molecule is CCNc1nc(NC2CCOC2)c(Cl)cc1Cl. The molecule has 1 unspecified atom stereocenters. The Bertz CT molecular complexity index is 395. The minimum Gasteiger partial charge on any atom is -0.379 e. The van der Waals surface area contributed by atoms with Gasteiger partial charge < -0.3 is 15.4 Å². The van der Waals surface area contributed by atoms with E-state index in [-0.39, 0.29) is 6.04 Å². The summed E-state index contributed by atoms with van der Waals surface area (Å²) in [6.45, 7) is 4.23. The Balaban J connectivity index is 2.16. The Hall–Kier alpha value is -0.710. The van der Waals surface area contributed by atoms with Crippen molar-refractivity contribution < 1.29 is 4.74 Å². The molecular formula is C11H15Cl2N3O. The molecule has 17 heavy (non-hydrogen) atoms. The highest BCUT2D eigenvalue weighted by Gasteiger charge is 2.18. The lowest BCUT2D eigenvalue weighted by Gasteiger charge is -2.15. The first-order chi connectivity index (χ1) is 8.20. The fraction of sp³-hybridized carbons (Fsp3) is 0.545. The highest BCUT2D eigenvalue weighted by atomic mass is 35.5. The highest BCUT2D eigenvalue weighted by molar-refractivity contribution is 6.37. The predicted molar refractivity (Wildman–Crippen MR) is 71.3 cm³/mol. The molecule has 0 spiro atoms. The van der Waals surface area contributed by atoms with Crippen LogP contribution in [0.5, 0.6) is 0 Å². The van der Waals surface area contributed by atoms with Gasteiger partial charge in [0, 0.05) is 13.2 Å². The maximum absolute atomic E-state index is 6.10. The molecule has 1 fully saturated rings. The number of hydrogen-bond acceptors (Lipinski definition) is 4. The van der Waals surface area contributed by atoms with Crippen LogP contribution < -0.4 is 10.6 Å². The average molecular weight is 276 g/mol. The van der Waals surface area contributed by atoms with Crippen molar-refractivity contribution in [3.63, 3.8) is 0 Å². The van der Waals surface area contributed by atoms with Crippen molar-refractivity contribution in [3.8, 4) is 0 Å². The quantitative estimate of drug-likeness (QED) is 0.887. The summed E-state index contributed by atoms with van der Waals surface area (Å²) in [6, 6.07) is 1.97. The molecule has 6 heteroatoms. The third kappa shape index (κ3) is 3.15. The first-order valence-electron chi connectivity index (χ1n) is 5.65. The monoisotopic (exact) mass is 275 g/mol. The van der Waals surface area contributed by atoms with Crippen molar-refractivity contribution >= 4 is 34.8 Å². The normalized spacial score (nSPS) is 19.4. The molecule has 0 aliphatic carbocycles. The molecular weight excluding hydrogens is 261 g/mol. The van der Waals surface area contributed by atoms with Crippen molar-refractivity contribution in [3.05, 3.63) is 16.1 Å². The number of nitrogens with one attached hydrogen (secondary N) is 2. The topological polar surface area (TPSA) is 46.2 Å². The summed E-state index contributed by atoms with van der Waals surface area (Å²) in [6.07, 6.45) is 0.969. The van der Waals surface area contributed by atoms with Crippen LogP contribution in [0.15, 0.2) is 6.07 Å². The highest BCUT2D eigenvalue weighted by Crippen LogP contribution is 2.30. The van der Waals surface area contributed by atoms with E-state index >= 15 is 0 Å². The molecule has 94 valence electrons. The summed E-state index contributed by atoms with van der Waals surface area (Å²) < 4.78 is 5.30. The van der Waals surface area contributed by atoms with Crippen molar-refractivity contribution in [2.45, 2.75) is 19.4 Å². The van der Waals surface area contributed by atoms with Gasteiger partial charge in [0.25, 0.3) is 0 Å². The zero-order valence-corrected chi connectivity index (χ0v) is 11.1. The number of aromatic nitrogens is 1. The average Bonchev–Trinajstić information content (AvgIpc) is 2.78. The fourth-order valence-electron chi connectivity index (χ4n) is 1.70. The molecule has 0 bridgehead atoms. The van der Waals surface area contributed by atoms with E-state index in [4.69, 9.17) is 27.9 Å². The Morgan fingerprint density at radius 3 is 2.82 bits per heavy atom. The van der Waals surface area contributed by atoms with E-state index in [1.807, 2.05) is 6.92 Å². The second-order valence-corrected chi connectivity index (χ2v) is 4.70. The van der Waals surface area contributed by atoms with E-state index in [0.29, 0.717) is 28.3 Å². The number of halogens is 2. The standard InChI is InChI=1S/C11H15Cl2N3O/c1-2-14-10-8(12)5-9(13)11(16-10)15-7-3-4-17-6-7/h5,7H,2-4,6H2,1H3,(H2,14,15,16). The van der Waals surface area contributed by atoms with Crippen LogP contribution in [0, 0.1) is 0 Å². The Morgan fingerprint density at radius 2 is 2.18 bits per heavy atom. The molecule has 0 aromatic carbocycles. The summed E-state index contributed by atoms with van der Waals surface area (Å²) >= 11 is 12.1. The van der Waals surface area contributed by atoms with Crippen molar-refractivity contribution in [1.82, 2.24) is 4.98 Å². The third-order valence-corrected chi connectivity index (χ3v) is 3.12. The summed E-state index contributed by atoms with van der Waals surface area (Å²) in [4.78, 5) is 4.38. The smallest absolute Gasteiger partial charge is 0.147 e. The number of anilines is 2. The van der Waals surface area contributed by atoms with Gasteiger partial charge in [-0.05, 0) is 19.4 Å². The van der Waals surface area contributed by atoms with Gasteiger partial charge in [0.15, 0.2) is 0 Å². The largest absolute Gasteiger partial charge is 0.379 e. The second-order valence-electron chi connectivity index (χ2n) is 3.88. The van der Waals surface area contributed by atoms with Crippen LogP contribution in [0.4, 0.5) is 11.6 Å². The molecule has 0 saturated carbocycles. The van der Waals surface area contributed by atoms with E-state index in [0.717, 1.165) is 19.6 Å². The van der Waals surface area contributed by atoms with Crippen LogP contribution >= 0.6 is 23.2 Å². The molecule has 1 aromatic heterocycles. The van der Waals surface area contributed by atoms with Crippen LogP contribution in [-0.2, 0) is 4.74 Å². The zero-order valence-electron chi connectivity index (χ0n) is 9.59. The van der Waals surface area contributed by atoms with Crippen molar-refractivity contribution in [1.29, 1.82) is 0 Å². The van der Waals surface area contributed by atoms with E-state index in [1.54, 1.807) is 6.07 Å². The van der Waals surface area contributed by atoms with Crippen LogP contribution in [-0.4, -0.2) is 30.8 Å². The molecule has 1 aromatic rings. The lowest BCUT2D eigenvalue weighted by Crippen LogP contribution is -2.20. The fourth-order valence-corrected chi connectivity index (χ4v) is 2.18. The molecule has 2 N–H and O–H groups in total. The van der Waals surface area contributed by atoms with Gasteiger partial charge in [0.2, 0.25) is 0 Å². The van der Waals surface area contributed by atoms with Crippen molar-refractivity contribution in [2.24, 2.45) is 0 Å². The van der Waals surface area contributed by atoms with E-state index in [1.165, 1.54) is 0 Å². The molecule has 1 saturated heterocycles. The van der Waals surface area contributed by atoms with Crippen molar-refractivity contribution in [2.75, 3.05) is 30.4 Å². The van der Waals surface area contributed by atoms with Crippen LogP contribution in [0.3, 0.4) is 0 Å². The molecule has 1 aliphatic rings. The van der Waals surface area contributed by atoms with E-state index < -0.39 is 0 Å². The van der Waals surface area contributed by atoms with Gasteiger partial charge in [-0.2, -0.15) is 0 Å². The third-order valence-electron chi connectivity index (χ3n) is 2.54. The van der Waals surface area contributed by atoms with Gasteiger partial charge in [-0.1, -0.05) is 23.2 Å². The zero-order chi connectivity index (χ0) is 12.3. The number of rotatable bonds is 4. The maximum Gasteiger partial charge on any atom is 0.147 e. The molecule has 2 rings (SSSR count). The first-order valence-corrected chi connectivity index (χ1v) is 6.40. The minimum atomic E-state index is 0.274. The van der Waals surface area contributed by atoms with Gasteiger partial charge in [-0.15, -0.1) is 0 Å². The second kappa shape index (κ2) is 5.76. The first kappa shape index (κ1) is 12.7. The molecule has 0 amide bonds. The van der Waals surface area contributed by atoms with Gasteiger partial charge >= 0.3 is 0 Å². The number of nitrogens with zero attached hydrogens (tertiary/aromatic N) is 1. The van der Waals surface area contributed by atoms with Gasteiger partial charge in [-0.25, -0.2) is 4.98 Å². The summed E-state index contributed by atoms with van der Waals surface area (Å²) in [5, 5.41) is 7.43. The van der Waals surface area contributed by atoms with Crippen LogP contribution in [0.1, 0.15) is 13.3 Å². The summed E-state index contributed by atoms with van der Waals surface area (Å²) in [5.41, 5.74) is 0. The predicted octanol–water partition coefficient (Wildman–Crippen LogP) is 3.02. The van der Waals surface area contributed by atoms with Crippen LogP contribution in [0.25, 0.3) is 0 Å². The summed E-state index contributed by atoms with van der Waals surface area (Å²) in [5.74, 6) is 1.31. The van der Waals surface area contributed by atoms with Gasteiger partial charge in [-0.3, -0.25) is 0 Å².